The quantitative estimate of drug-likeness (QED) is 0.580. The van der Waals surface area contributed by atoms with Crippen LogP contribution in [0.25, 0.3) is 12.2 Å². The fourth-order valence-electron chi connectivity index (χ4n) is 1.64. The van der Waals surface area contributed by atoms with Gasteiger partial charge in [0.15, 0.2) is 0 Å². The number of phenols is 2. The van der Waals surface area contributed by atoms with E-state index >= 15 is 0 Å². The van der Waals surface area contributed by atoms with Crippen molar-refractivity contribution in [2.45, 2.75) is 5.75 Å². The lowest BCUT2D eigenvalue weighted by Crippen LogP contribution is -1.78. The minimum Gasteiger partial charge on any atom is -0.508 e. The molecule has 0 spiro atoms. The van der Waals surface area contributed by atoms with Crippen LogP contribution in [0.2, 0.25) is 0 Å². The molecule has 0 aliphatic heterocycles. The van der Waals surface area contributed by atoms with Crippen molar-refractivity contribution in [2.75, 3.05) is 0 Å². The molecule has 2 aromatic carbocycles. The van der Waals surface area contributed by atoms with E-state index in [0.717, 1.165) is 16.9 Å². The number of hydrogen-bond acceptors (Lipinski definition) is 3. The second-order valence-electron chi connectivity index (χ2n) is 4.02. The summed E-state index contributed by atoms with van der Waals surface area (Å²) in [5.74, 6) is 0.838. The van der Waals surface area contributed by atoms with Crippen LogP contribution in [0.1, 0.15) is 16.7 Å². The fraction of sp³-hybridized carbons (Fsp3) is 0.0667. The van der Waals surface area contributed by atoms with Crippen LogP contribution in [0, 0.1) is 0 Å². The zero-order valence-electron chi connectivity index (χ0n) is 9.74. The first-order valence-corrected chi connectivity index (χ1v) is 6.21. The van der Waals surface area contributed by atoms with Crippen molar-refractivity contribution in [1.29, 1.82) is 0 Å². The summed E-state index contributed by atoms with van der Waals surface area (Å²) in [5, 5.41) is 18.7. The third kappa shape index (κ3) is 3.31. The predicted molar refractivity (Wildman–Crippen MR) is 77.8 cm³/mol. The van der Waals surface area contributed by atoms with Crippen LogP contribution in [0.5, 0.6) is 11.5 Å². The molecule has 2 nitrogen and oxygen atoms in total. The van der Waals surface area contributed by atoms with E-state index in [1.165, 1.54) is 11.6 Å². The smallest absolute Gasteiger partial charge is 0.119 e. The van der Waals surface area contributed by atoms with Gasteiger partial charge in [0.25, 0.3) is 0 Å². The molecule has 0 saturated carbocycles. The monoisotopic (exact) mass is 258 g/mol. The second kappa shape index (κ2) is 5.65. The molecule has 0 aliphatic rings. The molecule has 0 fully saturated rings. The van der Waals surface area contributed by atoms with Crippen molar-refractivity contribution < 1.29 is 10.2 Å². The summed E-state index contributed by atoms with van der Waals surface area (Å²) in [6.45, 7) is 0. The van der Waals surface area contributed by atoms with Gasteiger partial charge in [0.05, 0.1) is 0 Å². The Labute approximate surface area is 112 Å². The van der Waals surface area contributed by atoms with E-state index in [9.17, 15) is 10.2 Å². The van der Waals surface area contributed by atoms with Gasteiger partial charge in [0.2, 0.25) is 0 Å². The van der Waals surface area contributed by atoms with E-state index in [1.54, 1.807) is 12.1 Å². The first-order chi connectivity index (χ1) is 8.67. The van der Waals surface area contributed by atoms with Gasteiger partial charge in [-0.15, -0.1) is 0 Å². The zero-order valence-corrected chi connectivity index (χ0v) is 10.6. The van der Waals surface area contributed by atoms with E-state index in [1.807, 2.05) is 36.4 Å². The number of phenolic OH excluding ortho intramolecular Hbond substituents is 2. The van der Waals surface area contributed by atoms with E-state index in [4.69, 9.17) is 0 Å². The van der Waals surface area contributed by atoms with Gasteiger partial charge in [0, 0.05) is 11.8 Å². The molecule has 0 bridgehead atoms. The van der Waals surface area contributed by atoms with Gasteiger partial charge in [-0.2, -0.15) is 12.6 Å². The highest BCUT2D eigenvalue weighted by Crippen LogP contribution is 2.22. The molecule has 2 N–H and O–H groups in total. The highest BCUT2D eigenvalue weighted by Gasteiger charge is 1.96. The molecular weight excluding hydrogens is 244 g/mol. The van der Waals surface area contributed by atoms with Gasteiger partial charge in [-0.25, -0.2) is 0 Å². The number of hydrogen-bond donors (Lipinski definition) is 3. The highest BCUT2D eigenvalue weighted by molar-refractivity contribution is 7.79. The molecule has 92 valence electrons. The lowest BCUT2D eigenvalue weighted by Gasteiger charge is -1.99. The third-order valence-electron chi connectivity index (χ3n) is 2.56. The van der Waals surface area contributed by atoms with Crippen LogP contribution >= 0.6 is 12.6 Å². The van der Waals surface area contributed by atoms with Crippen LogP contribution in [0.15, 0.2) is 42.5 Å². The van der Waals surface area contributed by atoms with Crippen LogP contribution in [0.3, 0.4) is 0 Å². The molecule has 0 amide bonds. The van der Waals surface area contributed by atoms with E-state index in [-0.39, 0.29) is 11.5 Å². The van der Waals surface area contributed by atoms with E-state index in [2.05, 4.69) is 12.6 Å². The maximum Gasteiger partial charge on any atom is 0.119 e. The van der Waals surface area contributed by atoms with Crippen LogP contribution in [-0.2, 0) is 5.75 Å². The minimum absolute atomic E-state index is 0.0556. The van der Waals surface area contributed by atoms with Crippen molar-refractivity contribution in [3.05, 3.63) is 59.2 Å². The first-order valence-electron chi connectivity index (χ1n) is 5.58. The molecule has 0 unspecified atom stereocenters. The number of rotatable bonds is 3. The van der Waals surface area contributed by atoms with Gasteiger partial charge < -0.3 is 10.2 Å². The Morgan fingerprint density at radius 2 is 1.39 bits per heavy atom. The molecule has 0 aromatic heterocycles. The van der Waals surface area contributed by atoms with Gasteiger partial charge in [-0.3, -0.25) is 0 Å². The Morgan fingerprint density at radius 3 is 1.94 bits per heavy atom. The average molecular weight is 258 g/mol. The maximum atomic E-state index is 9.36. The molecule has 2 aromatic rings. The summed E-state index contributed by atoms with van der Waals surface area (Å²) in [7, 11) is 0. The van der Waals surface area contributed by atoms with Crippen LogP contribution in [-0.4, -0.2) is 10.2 Å². The molecule has 3 heteroatoms. The molecule has 0 radical (unpaired) electrons. The summed E-state index contributed by atoms with van der Waals surface area (Å²) in [4.78, 5) is 0. The fourth-order valence-corrected chi connectivity index (χ4v) is 1.85. The van der Waals surface area contributed by atoms with Crippen LogP contribution < -0.4 is 0 Å². The summed E-state index contributed by atoms with van der Waals surface area (Å²) in [6, 6.07) is 12.5. The van der Waals surface area contributed by atoms with Gasteiger partial charge in [-0.05, 0) is 28.8 Å². The summed E-state index contributed by atoms with van der Waals surface area (Å²) in [6.07, 6.45) is 3.77. The molecule has 0 saturated heterocycles. The minimum atomic E-state index is 0.0556. The van der Waals surface area contributed by atoms with E-state index in [0.29, 0.717) is 0 Å². The van der Waals surface area contributed by atoms with Gasteiger partial charge >= 0.3 is 0 Å². The lowest BCUT2D eigenvalue weighted by molar-refractivity contribution is 0.450. The van der Waals surface area contributed by atoms with Crippen molar-refractivity contribution in [2.24, 2.45) is 0 Å². The predicted octanol–water partition coefficient (Wildman–Crippen LogP) is 3.70. The van der Waals surface area contributed by atoms with E-state index < -0.39 is 0 Å². The molecule has 0 atom stereocenters. The van der Waals surface area contributed by atoms with Gasteiger partial charge in [0.1, 0.15) is 11.5 Å². The summed E-state index contributed by atoms with van der Waals surface area (Å²) < 4.78 is 0. The Hall–Kier alpha value is -1.87. The molecule has 0 aliphatic carbocycles. The molecule has 18 heavy (non-hydrogen) atoms. The van der Waals surface area contributed by atoms with Crippen LogP contribution in [0.4, 0.5) is 0 Å². The number of benzene rings is 2. The third-order valence-corrected chi connectivity index (χ3v) is 2.92. The SMILES string of the molecule is Oc1cc(O)cc(/C=C/c2ccc(CS)cc2)c1. The second-order valence-corrected chi connectivity index (χ2v) is 4.33. The zero-order chi connectivity index (χ0) is 13.0. The van der Waals surface area contributed by atoms with Gasteiger partial charge in [-0.1, -0.05) is 36.4 Å². The van der Waals surface area contributed by atoms with Crippen molar-refractivity contribution in [3.8, 4) is 11.5 Å². The Kier molecular flexibility index (Phi) is 3.95. The largest absolute Gasteiger partial charge is 0.508 e. The Morgan fingerprint density at radius 1 is 0.833 bits per heavy atom. The lowest BCUT2D eigenvalue weighted by atomic mass is 10.1. The summed E-state index contributed by atoms with van der Waals surface area (Å²) in [5.41, 5.74) is 2.99. The number of aromatic hydroxyl groups is 2. The molecular formula is C15H14O2S. The summed E-state index contributed by atoms with van der Waals surface area (Å²) >= 11 is 4.20. The molecule has 0 heterocycles. The highest BCUT2D eigenvalue weighted by atomic mass is 32.1. The molecule has 2 rings (SSSR count). The maximum absolute atomic E-state index is 9.36. The standard InChI is InChI=1S/C15H14O2S/c16-14-7-13(8-15(17)9-14)6-3-11-1-4-12(10-18)5-2-11/h1-9,16-18H,10H2/b6-3+. The van der Waals surface area contributed by atoms with Crippen molar-refractivity contribution >= 4 is 24.8 Å². The Balaban J connectivity index is 2.18. The topological polar surface area (TPSA) is 40.5 Å². The Bertz CT molecular complexity index is 539. The first kappa shape index (κ1) is 12.6. The van der Waals surface area contributed by atoms with Crippen molar-refractivity contribution in [3.63, 3.8) is 0 Å². The normalized spacial score (nSPS) is 10.9. The average Bonchev–Trinajstić information content (AvgIpc) is 2.36. The number of thiol groups is 1. The van der Waals surface area contributed by atoms with Crippen molar-refractivity contribution in [1.82, 2.24) is 0 Å².